The molecule has 2 aromatic carbocycles. The molecule has 1 aromatic heterocycles. The van der Waals surface area contributed by atoms with E-state index < -0.39 is 0 Å². The summed E-state index contributed by atoms with van der Waals surface area (Å²) in [4.78, 5) is 17.3. The van der Waals surface area contributed by atoms with Crippen LogP contribution in [-0.4, -0.2) is 36.2 Å². The van der Waals surface area contributed by atoms with Crippen molar-refractivity contribution < 1.29 is 9.66 Å². The van der Waals surface area contributed by atoms with Crippen LogP contribution >= 0.6 is 15.9 Å². The van der Waals surface area contributed by atoms with E-state index in [0.717, 1.165) is 53.1 Å². The van der Waals surface area contributed by atoms with Crippen molar-refractivity contribution in [2.24, 2.45) is 0 Å². The second kappa shape index (κ2) is 8.12. The number of nitro benzene ring substituents is 1. The molecule has 0 unspecified atom stereocenters. The molecule has 7 nitrogen and oxygen atoms in total. The molecule has 0 atom stereocenters. The van der Waals surface area contributed by atoms with Crippen LogP contribution in [0, 0.1) is 10.1 Å². The Morgan fingerprint density at radius 1 is 1.18 bits per heavy atom. The lowest BCUT2D eigenvalue weighted by Gasteiger charge is -2.31. The number of nitrogens with zero attached hydrogens (tertiary/aromatic N) is 3. The van der Waals surface area contributed by atoms with Crippen LogP contribution in [0.4, 0.5) is 17.1 Å². The fraction of sp³-hybridized carbons (Fsp3) is 0.250. The summed E-state index contributed by atoms with van der Waals surface area (Å²) in [7, 11) is 0. The van der Waals surface area contributed by atoms with Crippen LogP contribution in [0.2, 0.25) is 0 Å². The average Bonchev–Trinajstić information content (AvgIpc) is 2.73. The van der Waals surface area contributed by atoms with Gasteiger partial charge in [-0.25, -0.2) is 0 Å². The van der Waals surface area contributed by atoms with Gasteiger partial charge in [-0.05, 0) is 29.8 Å². The minimum atomic E-state index is -0.376. The molecule has 0 radical (unpaired) electrons. The molecule has 0 aliphatic carbocycles. The Morgan fingerprint density at radius 3 is 2.79 bits per heavy atom. The van der Waals surface area contributed by atoms with Gasteiger partial charge in [-0.3, -0.25) is 15.1 Å². The number of anilines is 2. The monoisotopic (exact) mass is 442 g/mol. The minimum Gasteiger partial charge on any atom is -0.380 e. The largest absolute Gasteiger partial charge is 0.380 e. The predicted octanol–water partition coefficient (Wildman–Crippen LogP) is 4.35. The molecule has 3 aromatic rings. The summed E-state index contributed by atoms with van der Waals surface area (Å²) in [6.45, 7) is 3.76. The lowest BCUT2D eigenvalue weighted by Crippen LogP contribution is -2.36. The maximum atomic E-state index is 11.3. The molecule has 1 aliphatic heterocycles. The van der Waals surface area contributed by atoms with Crippen LogP contribution in [0.3, 0.4) is 0 Å². The molecule has 28 heavy (non-hydrogen) atoms. The van der Waals surface area contributed by atoms with Crippen LogP contribution in [0.25, 0.3) is 10.8 Å². The van der Waals surface area contributed by atoms with Crippen LogP contribution in [0.1, 0.15) is 5.56 Å². The van der Waals surface area contributed by atoms with E-state index in [2.05, 4.69) is 43.3 Å². The van der Waals surface area contributed by atoms with Gasteiger partial charge in [0, 0.05) is 59.3 Å². The Labute approximate surface area is 170 Å². The minimum absolute atomic E-state index is 0.0614. The van der Waals surface area contributed by atoms with Crippen molar-refractivity contribution in [3.8, 4) is 0 Å². The summed E-state index contributed by atoms with van der Waals surface area (Å²) >= 11 is 3.56. The van der Waals surface area contributed by atoms with Crippen LogP contribution in [0.15, 0.2) is 53.3 Å². The Hall–Kier alpha value is -2.71. The third kappa shape index (κ3) is 3.79. The highest BCUT2D eigenvalue weighted by Gasteiger charge is 2.17. The number of non-ortho nitro benzene ring substituents is 1. The Kier molecular flexibility index (Phi) is 5.40. The molecular formula is C20H19BrN4O3. The van der Waals surface area contributed by atoms with Crippen molar-refractivity contribution in [1.82, 2.24) is 4.98 Å². The van der Waals surface area contributed by atoms with E-state index >= 15 is 0 Å². The maximum Gasteiger partial charge on any atom is 0.278 e. The van der Waals surface area contributed by atoms with E-state index in [0.29, 0.717) is 11.9 Å². The molecule has 1 fully saturated rings. The first-order chi connectivity index (χ1) is 13.6. The molecule has 1 saturated heterocycles. The molecular weight excluding hydrogens is 424 g/mol. The summed E-state index contributed by atoms with van der Waals surface area (Å²) in [6.07, 6.45) is 3.19. The number of fused-ring (bicyclic) bond motifs is 1. The summed E-state index contributed by atoms with van der Waals surface area (Å²) in [5.41, 5.74) is 3.23. The van der Waals surface area contributed by atoms with Crippen molar-refractivity contribution in [1.29, 1.82) is 0 Å². The first kappa shape index (κ1) is 18.6. The number of aromatic nitrogens is 1. The number of halogens is 1. The van der Waals surface area contributed by atoms with Gasteiger partial charge >= 0.3 is 0 Å². The third-order valence-electron chi connectivity index (χ3n) is 4.86. The van der Waals surface area contributed by atoms with Gasteiger partial charge in [0.1, 0.15) is 0 Å². The van der Waals surface area contributed by atoms with Gasteiger partial charge < -0.3 is 15.0 Å². The van der Waals surface area contributed by atoms with E-state index in [-0.39, 0.29) is 10.6 Å². The lowest BCUT2D eigenvalue weighted by molar-refractivity contribution is -0.383. The molecule has 1 aliphatic rings. The normalized spacial score (nSPS) is 14.2. The second-order valence-corrected chi connectivity index (χ2v) is 7.45. The first-order valence-corrected chi connectivity index (χ1v) is 9.79. The zero-order chi connectivity index (χ0) is 19.5. The van der Waals surface area contributed by atoms with Gasteiger partial charge in [-0.2, -0.15) is 0 Å². The van der Waals surface area contributed by atoms with Crippen molar-refractivity contribution in [2.45, 2.75) is 6.54 Å². The molecule has 0 bridgehead atoms. The molecule has 144 valence electrons. The molecule has 2 heterocycles. The maximum absolute atomic E-state index is 11.3. The Morgan fingerprint density at radius 2 is 2.00 bits per heavy atom. The molecule has 0 amide bonds. The number of benzene rings is 2. The fourth-order valence-corrected chi connectivity index (χ4v) is 3.81. The number of nitrogens with one attached hydrogen (secondary N) is 1. The van der Waals surface area contributed by atoms with Crippen molar-refractivity contribution >= 4 is 43.8 Å². The zero-order valence-electron chi connectivity index (χ0n) is 15.1. The highest BCUT2D eigenvalue weighted by molar-refractivity contribution is 9.10. The van der Waals surface area contributed by atoms with Gasteiger partial charge in [0.05, 0.1) is 23.5 Å². The molecule has 0 saturated carbocycles. The summed E-state index contributed by atoms with van der Waals surface area (Å²) < 4.78 is 6.50. The van der Waals surface area contributed by atoms with Gasteiger partial charge in [-0.1, -0.05) is 22.0 Å². The molecule has 1 N–H and O–H groups in total. The number of nitro groups is 1. The number of hydrogen-bond acceptors (Lipinski definition) is 6. The lowest BCUT2D eigenvalue weighted by atomic mass is 10.1. The number of hydrogen-bond donors (Lipinski definition) is 1. The van der Waals surface area contributed by atoms with Gasteiger partial charge in [-0.15, -0.1) is 0 Å². The third-order valence-corrected chi connectivity index (χ3v) is 5.35. The smallest absolute Gasteiger partial charge is 0.278 e. The predicted molar refractivity (Wildman–Crippen MR) is 113 cm³/mol. The van der Waals surface area contributed by atoms with E-state index in [1.165, 1.54) is 12.3 Å². The molecule has 0 spiro atoms. The highest BCUT2D eigenvalue weighted by Crippen LogP contribution is 2.32. The summed E-state index contributed by atoms with van der Waals surface area (Å²) in [5.74, 6) is 0. The van der Waals surface area contributed by atoms with Crippen molar-refractivity contribution in [3.05, 3.63) is 68.9 Å². The zero-order valence-corrected chi connectivity index (χ0v) is 16.7. The van der Waals surface area contributed by atoms with Gasteiger partial charge in [0.15, 0.2) is 0 Å². The van der Waals surface area contributed by atoms with E-state index in [4.69, 9.17) is 4.74 Å². The quantitative estimate of drug-likeness (QED) is 0.467. The van der Waals surface area contributed by atoms with Crippen molar-refractivity contribution in [3.63, 3.8) is 0 Å². The molecule has 4 rings (SSSR count). The van der Waals surface area contributed by atoms with E-state index in [9.17, 15) is 10.1 Å². The standard InChI is InChI=1S/C20H19BrN4O3/c21-15-2-1-14(20(11-15)24-7-9-28-10-8-24)12-23-18-3-4-19(25(26)27)17-13-22-6-5-16(17)18/h1-6,11,13,23H,7-10,12H2. The number of rotatable bonds is 5. The summed E-state index contributed by atoms with van der Waals surface area (Å²) in [5, 5.41) is 16.1. The number of ether oxygens (including phenoxy) is 1. The Balaban J connectivity index is 1.64. The highest BCUT2D eigenvalue weighted by atomic mass is 79.9. The number of morpholine rings is 1. The average molecular weight is 443 g/mol. The van der Waals surface area contributed by atoms with Crippen LogP contribution in [-0.2, 0) is 11.3 Å². The first-order valence-electron chi connectivity index (χ1n) is 8.99. The van der Waals surface area contributed by atoms with Gasteiger partial charge in [0.25, 0.3) is 5.69 Å². The van der Waals surface area contributed by atoms with Crippen LogP contribution < -0.4 is 10.2 Å². The molecule has 8 heteroatoms. The van der Waals surface area contributed by atoms with Gasteiger partial charge in [0.2, 0.25) is 0 Å². The Bertz CT molecular complexity index is 1020. The number of pyridine rings is 1. The SMILES string of the molecule is O=[N+]([O-])c1ccc(NCc2ccc(Br)cc2N2CCOCC2)c2ccncc12. The fourth-order valence-electron chi connectivity index (χ4n) is 3.46. The summed E-state index contributed by atoms with van der Waals surface area (Å²) in [6, 6.07) is 11.3. The van der Waals surface area contributed by atoms with E-state index in [1.807, 2.05) is 6.07 Å². The van der Waals surface area contributed by atoms with Crippen molar-refractivity contribution in [2.75, 3.05) is 36.5 Å². The van der Waals surface area contributed by atoms with Crippen LogP contribution in [0.5, 0.6) is 0 Å². The topological polar surface area (TPSA) is 80.5 Å². The van der Waals surface area contributed by atoms with E-state index in [1.54, 1.807) is 18.3 Å². The second-order valence-electron chi connectivity index (χ2n) is 6.54.